The minimum atomic E-state index is -0.149. The second kappa shape index (κ2) is 5.96. The normalized spacial score (nSPS) is 12.6. The van der Waals surface area contributed by atoms with Crippen LogP contribution in [0.25, 0.3) is 20.8 Å². The van der Waals surface area contributed by atoms with Crippen molar-refractivity contribution in [2.75, 3.05) is 0 Å². The highest BCUT2D eigenvalue weighted by Crippen LogP contribution is 2.32. The van der Waals surface area contributed by atoms with Gasteiger partial charge in [0, 0.05) is 0 Å². The molecule has 6 heteroatoms. The highest BCUT2D eigenvalue weighted by Gasteiger charge is 2.20. The molecule has 3 heterocycles. The Kier molecular flexibility index (Phi) is 3.78. The van der Waals surface area contributed by atoms with Crippen molar-refractivity contribution >= 4 is 32.9 Å². The van der Waals surface area contributed by atoms with Crippen molar-refractivity contribution < 1.29 is 0 Å². The maximum absolute atomic E-state index is 12.9. The lowest BCUT2D eigenvalue weighted by molar-refractivity contribution is 0.539. The number of fused-ring (bicyclic) bond motifs is 1. The van der Waals surface area contributed by atoms with E-state index in [1.165, 1.54) is 11.3 Å². The van der Waals surface area contributed by atoms with Gasteiger partial charge in [-0.05, 0) is 30.9 Å². The molecule has 0 aliphatic heterocycles. The molecule has 0 fully saturated rings. The SMILES string of the molecule is Cc1nc2c(=O)n([C@H](C)c3ccccc3)nc(-c3cccs3)c2s1. The van der Waals surface area contributed by atoms with Gasteiger partial charge in [0.2, 0.25) is 0 Å². The number of benzene rings is 1. The molecule has 4 rings (SSSR count). The predicted octanol–water partition coefficient (Wildman–Crippen LogP) is 4.50. The van der Waals surface area contributed by atoms with Gasteiger partial charge in [-0.15, -0.1) is 22.7 Å². The van der Waals surface area contributed by atoms with E-state index in [-0.39, 0.29) is 11.6 Å². The summed E-state index contributed by atoms with van der Waals surface area (Å²) in [5, 5.41) is 7.62. The molecule has 120 valence electrons. The van der Waals surface area contributed by atoms with Crippen LogP contribution in [0.1, 0.15) is 23.5 Å². The first kappa shape index (κ1) is 15.2. The Labute approximate surface area is 147 Å². The molecule has 0 amide bonds. The van der Waals surface area contributed by atoms with E-state index < -0.39 is 0 Å². The lowest BCUT2D eigenvalue weighted by Crippen LogP contribution is -2.27. The van der Waals surface area contributed by atoms with Gasteiger partial charge in [0.15, 0.2) is 5.52 Å². The summed E-state index contributed by atoms with van der Waals surface area (Å²) in [4.78, 5) is 18.4. The molecule has 3 aromatic heterocycles. The van der Waals surface area contributed by atoms with Gasteiger partial charge < -0.3 is 0 Å². The van der Waals surface area contributed by atoms with E-state index >= 15 is 0 Å². The maximum atomic E-state index is 12.9. The number of rotatable bonds is 3. The van der Waals surface area contributed by atoms with Gasteiger partial charge in [-0.1, -0.05) is 36.4 Å². The Balaban J connectivity index is 2.00. The number of hydrogen-bond donors (Lipinski definition) is 0. The summed E-state index contributed by atoms with van der Waals surface area (Å²) in [6.45, 7) is 3.92. The monoisotopic (exact) mass is 353 g/mol. The number of thiazole rings is 1. The van der Waals surface area contributed by atoms with Crippen LogP contribution in [-0.2, 0) is 0 Å². The molecule has 1 aromatic carbocycles. The van der Waals surface area contributed by atoms with E-state index in [0.717, 1.165) is 25.8 Å². The van der Waals surface area contributed by atoms with Crippen LogP contribution in [0.4, 0.5) is 0 Å². The molecule has 0 N–H and O–H groups in total. The van der Waals surface area contributed by atoms with E-state index in [0.29, 0.717) is 5.52 Å². The molecule has 0 radical (unpaired) electrons. The van der Waals surface area contributed by atoms with Crippen molar-refractivity contribution in [3.63, 3.8) is 0 Å². The first-order valence-corrected chi connectivity index (χ1v) is 9.33. The topological polar surface area (TPSA) is 47.8 Å². The van der Waals surface area contributed by atoms with Crippen molar-refractivity contribution in [1.29, 1.82) is 0 Å². The molecule has 24 heavy (non-hydrogen) atoms. The summed E-state index contributed by atoms with van der Waals surface area (Å²) >= 11 is 3.15. The average Bonchev–Trinajstić information content (AvgIpc) is 3.25. The van der Waals surface area contributed by atoms with Crippen LogP contribution in [0, 0.1) is 6.92 Å². The molecule has 0 saturated carbocycles. The van der Waals surface area contributed by atoms with Crippen LogP contribution in [0.5, 0.6) is 0 Å². The number of hydrogen-bond acceptors (Lipinski definition) is 5. The zero-order valence-corrected chi connectivity index (χ0v) is 14.9. The van der Waals surface area contributed by atoms with E-state index in [2.05, 4.69) is 4.98 Å². The maximum Gasteiger partial charge on any atom is 0.294 e. The number of nitrogens with zero attached hydrogens (tertiary/aromatic N) is 3. The van der Waals surface area contributed by atoms with Crippen LogP contribution in [-0.4, -0.2) is 14.8 Å². The molecule has 0 saturated heterocycles. The zero-order valence-electron chi connectivity index (χ0n) is 13.3. The Bertz CT molecular complexity index is 1050. The zero-order chi connectivity index (χ0) is 16.7. The van der Waals surface area contributed by atoms with Crippen molar-refractivity contribution in [3.05, 3.63) is 68.8 Å². The highest BCUT2D eigenvalue weighted by molar-refractivity contribution is 7.20. The quantitative estimate of drug-likeness (QED) is 0.545. The molecule has 1 atom stereocenters. The molecule has 0 spiro atoms. The minimum Gasteiger partial charge on any atom is -0.265 e. The summed E-state index contributed by atoms with van der Waals surface area (Å²) in [7, 11) is 0. The fraction of sp³-hybridized carbons (Fsp3) is 0.167. The van der Waals surface area contributed by atoms with Crippen LogP contribution in [0.15, 0.2) is 52.6 Å². The Morgan fingerprint density at radius 2 is 1.92 bits per heavy atom. The standard InChI is InChI=1S/C18H15N3OS2/c1-11(13-7-4-3-5-8-13)21-18(22)16-17(24-12(2)19-16)15(20-21)14-9-6-10-23-14/h3-11H,1-2H3/t11-/m1/s1. The first-order chi connectivity index (χ1) is 11.6. The third-order valence-electron chi connectivity index (χ3n) is 3.97. The summed E-state index contributed by atoms with van der Waals surface area (Å²) < 4.78 is 2.43. The number of aromatic nitrogens is 3. The second-order valence-corrected chi connectivity index (χ2v) is 7.72. The Morgan fingerprint density at radius 1 is 1.12 bits per heavy atom. The summed E-state index contributed by atoms with van der Waals surface area (Å²) in [5.74, 6) is 0. The molecule has 4 aromatic rings. The second-order valence-electron chi connectivity index (χ2n) is 5.57. The van der Waals surface area contributed by atoms with Gasteiger partial charge in [0.05, 0.1) is 20.6 Å². The lowest BCUT2D eigenvalue weighted by atomic mass is 10.1. The van der Waals surface area contributed by atoms with Crippen LogP contribution >= 0.6 is 22.7 Å². The third kappa shape index (κ3) is 2.48. The molecule has 0 aliphatic carbocycles. The molecule has 0 aliphatic rings. The summed E-state index contributed by atoms with van der Waals surface area (Å²) in [6.07, 6.45) is 0. The number of thiophene rings is 1. The van der Waals surface area contributed by atoms with Gasteiger partial charge in [0.1, 0.15) is 5.69 Å². The summed E-state index contributed by atoms with van der Waals surface area (Å²) in [5.41, 5.74) is 2.27. The van der Waals surface area contributed by atoms with Crippen molar-refractivity contribution in [2.24, 2.45) is 0 Å². The van der Waals surface area contributed by atoms with Crippen molar-refractivity contribution in [3.8, 4) is 10.6 Å². The van der Waals surface area contributed by atoms with E-state index in [1.807, 2.05) is 61.7 Å². The number of aryl methyl sites for hydroxylation is 1. The van der Waals surface area contributed by atoms with Gasteiger partial charge in [0.25, 0.3) is 5.56 Å². The van der Waals surface area contributed by atoms with Gasteiger partial charge in [-0.3, -0.25) is 4.79 Å². The predicted molar refractivity (Wildman–Crippen MR) is 100.0 cm³/mol. The molecular formula is C18H15N3OS2. The summed E-state index contributed by atoms with van der Waals surface area (Å²) in [6, 6.07) is 13.8. The lowest BCUT2D eigenvalue weighted by Gasteiger charge is -2.15. The van der Waals surface area contributed by atoms with Gasteiger partial charge in [-0.2, -0.15) is 5.10 Å². The van der Waals surface area contributed by atoms with Crippen LogP contribution in [0.2, 0.25) is 0 Å². The van der Waals surface area contributed by atoms with Crippen molar-refractivity contribution in [2.45, 2.75) is 19.9 Å². The fourth-order valence-electron chi connectivity index (χ4n) is 2.75. The molecular weight excluding hydrogens is 338 g/mol. The van der Waals surface area contributed by atoms with Gasteiger partial charge in [-0.25, -0.2) is 9.67 Å². The van der Waals surface area contributed by atoms with Gasteiger partial charge >= 0.3 is 0 Å². The highest BCUT2D eigenvalue weighted by atomic mass is 32.1. The average molecular weight is 353 g/mol. The third-order valence-corrected chi connectivity index (χ3v) is 5.83. The van der Waals surface area contributed by atoms with E-state index in [9.17, 15) is 4.79 Å². The first-order valence-electron chi connectivity index (χ1n) is 7.64. The molecule has 4 nitrogen and oxygen atoms in total. The Morgan fingerprint density at radius 3 is 2.62 bits per heavy atom. The largest absolute Gasteiger partial charge is 0.294 e. The van der Waals surface area contributed by atoms with Crippen molar-refractivity contribution in [1.82, 2.24) is 14.8 Å². The minimum absolute atomic E-state index is 0.133. The smallest absolute Gasteiger partial charge is 0.265 e. The molecule has 0 unspecified atom stereocenters. The van der Waals surface area contributed by atoms with Crippen LogP contribution < -0.4 is 5.56 Å². The van der Waals surface area contributed by atoms with E-state index in [1.54, 1.807) is 16.0 Å². The van der Waals surface area contributed by atoms with E-state index in [4.69, 9.17) is 5.10 Å². The molecule has 0 bridgehead atoms. The van der Waals surface area contributed by atoms with Crippen LogP contribution in [0.3, 0.4) is 0 Å². The Hall–Kier alpha value is -2.31. The fourth-order valence-corrected chi connectivity index (χ4v) is 4.44.